The summed E-state index contributed by atoms with van der Waals surface area (Å²) in [5, 5.41) is 22.3. The molecule has 5 rings (SSSR count). The molecular weight excluding hydrogens is 466 g/mol. The Morgan fingerprint density at radius 3 is 2.62 bits per heavy atom. The van der Waals surface area contributed by atoms with Gasteiger partial charge in [-0.25, -0.2) is 28.5 Å². The number of carboxylic acid groups (broad SMARTS) is 1. The maximum Gasteiger partial charge on any atom is 0.356 e. The van der Waals surface area contributed by atoms with Gasteiger partial charge in [-0.1, -0.05) is 17.7 Å². The van der Waals surface area contributed by atoms with Crippen LogP contribution in [0, 0.1) is 23.7 Å². The molecule has 2 fully saturated rings. The van der Waals surface area contributed by atoms with Crippen LogP contribution in [0.5, 0.6) is 0 Å². The maximum absolute atomic E-state index is 13.7. The number of carboxylic acids is 1. The molecule has 1 saturated heterocycles. The average Bonchev–Trinajstić information content (AvgIpc) is 3.34. The number of nitriles is 1. The SMILES string of the molecule is Cc1cc(C(C)Nc2ccc(Cl)nc2C(=O)O)c2nc(N3CC4(C3)CC4(F)F)c(C#N)nc2c1. The van der Waals surface area contributed by atoms with Gasteiger partial charge in [0.05, 0.1) is 28.2 Å². The van der Waals surface area contributed by atoms with Crippen molar-refractivity contribution in [1.82, 2.24) is 15.0 Å². The van der Waals surface area contributed by atoms with E-state index in [1.54, 1.807) is 11.0 Å². The highest BCUT2D eigenvalue weighted by molar-refractivity contribution is 6.29. The molecule has 0 radical (unpaired) electrons. The van der Waals surface area contributed by atoms with E-state index >= 15 is 0 Å². The molecule has 2 aliphatic rings. The first kappa shape index (κ1) is 22.2. The monoisotopic (exact) mass is 484 g/mol. The normalized spacial score (nSPS) is 18.3. The van der Waals surface area contributed by atoms with Crippen LogP contribution in [0.2, 0.25) is 5.15 Å². The number of alkyl halides is 2. The molecule has 11 heteroatoms. The predicted molar refractivity (Wildman–Crippen MR) is 121 cm³/mol. The Hall–Kier alpha value is -3.58. The van der Waals surface area contributed by atoms with E-state index in [0.29, 0.717) is 16.6 Å². The molecule has 1 saturated carbocycles. The molecule has 3 aromatic rings. The molecule has 1 unspecified atom stereocenters. The number of rotatable bonds is 5. The molecule has 34 heavy (non-hydrogen) atoms. The molecule has 1 aliphatic carbocycles. The quantitative estimate of drug-likeness (QED) is 0.506. The van der Waals surface area contributed by atoms with Gasteiger partial charge in [0, 0.05) is 25.1 Å². The van der Waals surface area contributed by atoms with E-state index < -0.39 is 23.3 Å². The number of nitrogens with zero attached hydrogens (tertiary/aromatic N) is 5. The van der Waals surface area contributed by atoms with E-state index in [-0.39, 0.29) is 47.6 Å². The number of nitrogens with one attached hydrogen (secondary N) is 1. The van der Waals surface area contributed by atoms with Crippen LogP contribution in [0.25, 0.3) is 11.0 Å². The maximum atomic E-state index is 13.7. The van der Waals surface area contributed by atoms with Gasteiger partial charge < -0.3 is 15.3 Å². The van der Waals surface area contributed by atoms with Crippen LogP contribution in [0.15, 0.2) is 24.3 Å². The number of carbonyl (C=O) groups is 1. The van der Waals surface area contributed by atoms with E-state index in [1.807, 2.05) is 26.0 Å². The Kier molecular flexibility index (Phi) is 4.88. The molecule has 1 aromatic carbocycles. The second-order valence-corrected chi connectivity index (χ2v) is 9.34. The van der Waals surface area contributed by atoms with Crippen molar-refractivity contribution in [2.75, 3.05) is 23.3 Å². The fourth-order valence-corrected chi connectivity index (χ4v) is 4.68. The first-order valence-electron chi connectivity index (χ1n) is 10.6. The van der Waals surface area contributed by atoms with Crippen LogP contribution >= 0.6 is 11.6 Å². The first-order chi connectivity index (χ1) is 16.0. The number of anilines is 2. The summed E-state index contributed by atoms with van der Waals surface area (Å²) in [4.78, 5) is 26.3. The van der Waals surface area contributed by atoms with Gasteiger partial charge in [-0.2, -0.15) is 5.26 Å². The summed E-state index contributed by atoms with van der Waals surface area (Å²) in [6.45, 7) is 3.96. The summed E-state index contributed by atoms with van der Waals surface area (Å²) in [5.41, 5.74) is 1.70. The molecule has 1 atom stereocenters. The van der Waals surface area contributed by atoms with E-state index in [4.69, 9.17) is 11.6 Å². The number of halogens is 3. The summed E-state index contributed by atoms with van der Waals surface area (Å²) in [6.07, 6.45) is -0.147. The Bertz CT molecular complexity index is 1400. The van der Waals surface area contributed by atoms with Crippen molar-refractivity contribution in [2.24, 2.45) is 5.41 Å². The molecule has 0 amide bonds. The smallest absolute Gasteiger partial charge is 0.356 e. The highest BCUT2D eigenvalue weighted by Gasteiger charge is 2.76. The van der Waals surface area contributed by atoms with Gasteiger partial charge in [0.1, 0.15) is 11.2 Å². The van der Waals surface area contributed by atoms with E-state index in [9.17, 15) is 23.9 Å². The third kappa shape index (κ3) is 3.47. The lowest BCUT2D eigenvalue weighted by molar-refractivity contribution is 0.0517. The molecule has 0 bridgehead atoms. The van der Waals surface area contributed by atoms with E-state index in [1.165, 1.54) is 12.1 Å². The van der Waals surface area contributed by atoms with Crippen LogP contribution in [-0.4, -0.2) is 45.0 Å². The Morgan fingerprint density at radius 2 is 2.00 bits per heavy atom. The van der Waals surface area contributed by atoms with Crippen LogP contribution in [0.4, 0.5) is 20.3 Å². The summed E-state index contributed by atoms with van der Waals surface area (Å²) >= 11 is 5.85. The average molecular weight is 485 g/mol. The minimum atomic E-state index is -2.67. The highest BCUT2D eigenvalue weighted by Crippen LogP contribution is 2.65. The lowest BCUT2D eigenvalue weighted by Crippen LogP contribution is -2.52. The van der Waals surface area contributed by atoms with E-state index in [2.05, 4.69) is 20.3 Å². The third-order valence-electron chi connectivity index (χ3n) is 6.43. The summed E-state index contributed by atoms with van der Waals surface area (Å²) in [5.74, 6) is -3.62. The van der Waals surface area contributed by atoms with Crippen LogP contribution in [0.1, 0.15) is 46.7 Å². The standard InChI is InChI=1S/C23H19ClF2N6O2/c1-11-5-13(12(2)28-14-3-4-17(24)30-19(14)21(33)34)18-15(6-11)29-16(7-27)20(31-18)32-9-22(10-32)8-23(22,25)26/h3-6,12,28H,8-10H2,1-2H3,(H,33,34). The van der Waals surface area contributed by atoms with Gasteiger partial charge in [-0.3, -0.25) is 0 Å². The van der Waals surface area contributed by atoms with Crippen molar-refractivity contribution in [1.29, 1.82) is 5.26 Å². The first-order valence-corrected chi connectivity index (χ1v) is 10.9. The van der Waals surface area contributed by atoms with Crippen molar-refractivity contribution >= 4 is 40.1 Å². The number of aryl methyl sites for hydroxylation is 1. The molecule has 2 N–H and O–H groups in total. The summed E-state index contributed by atoms with van der Waals surface area (Å²) in [7, 11) is 0. The van der Waals surface area contributed by atoms with Crippen molar-refractivity contribution in [3.8, 4) is 6.07 Å². The minimum absolute atomic E-state index is 0.0599. The van der Waals surface area contributed by atoms with Gasteiger partial charge in [0.2, 0.25) is 0 Å². The number of pyridine rings is 1. The molecule has 174 valence electrons. The number of aromatic carboxylic acids is 1. The molecule has 8 nitrogen and oxygen atoms in total. The number of aromatic nitrogens is 3. The number of fused-ring (bicyclic) bond motifs is 1. The Balaban J connectivity index is 1.54. The lowest BCUT2D eigenvalue weighted by atomic mass is 9.95. The lowest BCUT2D eigenvalue weighted by Gasteiger charge is -2.41. The van der Waals surface area contributed by atoms with Gasteiger partial charge in [-0.15, -0.1) is 0 Å². The minimum Gasteiger partial charge on any atom is -0.476 e. The third-order valence-corrected chi connectivity index (χ3v) is 6.64. The molecule has 1 aliphatic heterocycles. The number of hydrogen-bond donors (Lipinski definition) is 2. The van der Waals surface area contributed by atoms with E-state index in [0.717, 1.165) is 5.56 Å². The number of hydrogen-bond acceptors (Lipinski definition) is 7. The van der Waals surface area contributed by atoms with Gasteiger partial charge in [0.15, 0.2) is 17.2 Å². The Morgan fingerprint density at radius 1 is 1.29 bits per heavy atom. The fourth-order valence-electron chi connectivity index (χ4n) is 4.53. The second-order valence-electron chi connectivity index (χ2n) is 8.95. The topological polar surface area (TPSA) is 115 Å². The second kappa shape index (κ2) is 7.46. The largest absolute Gasteiger partial charge is 0.476 e. The van der Waals surface area contributed by atoms with Crippen molar-refractivity contribution in [2.45, 2.75) is 32.2 Å². The van der Waals surface area contributed by atoms with Crippen molar-refractivity contribution in [3.05, 3.63) is 51.9 Å². The molecular formula is C23H19ClF2N6O2. The highest BCUT2D eigenvalue weighted by atomic mass is 35.5. The fraction of sp³-hybridized carbons (Fsp3) is 0.348. The van der Waals surface area contributed by atoms with Crippen LogP contribution in [-0.2, 0) is 0 Å². The zero-order valence-corrected chi connectivity index (χ0v) is 19.0. The van der Waals surface area contributed by atoms with Gasteiger partial charge in [-0.05, 0) is 37.6 Å². The number of benzene rings is 1. The zero-order chi connectivity index (χ0) is 24.4. The van der Waals surface area contributed by atoms with Crippen LogP contribution in [0.3, 0.4) is 0 Å². The van der Waals surface area contributed by atoms with Crippen molar-refractivity contribution in [3.63, 3.8) is 0 Å². The zero-order valence-electron chi connectivity index (χ0n) is 18.2. The van der Waals surface area contributed by atoms with Gasteiger partial charge >= 0.3 is 5.97 Å². The molecule has 1 spiro atoms. The summed E-state index contributed by atoms with van der Waals surface area (Å²) in [6, 6.07) is 8.32. The predicted octanol–water partition coefficient (Wildman–Crippen LogP) is 4.58. The van der Waals surface area contributed by atoms with Crippen LogP contribution < -0.4 is 10.2 Å². The molecule has 3 heterocycles. The van der Waals surface area contributed by atoms with Gasteiger partial charge in [0.25, 0.3) is 5.92 Å². The Labute approximate surface area is 198 Å². The molecule has 2 aromatic heterocycles. The van der Waals surface area contributed by atoms with Crippen molar-refractivity contribution < 1.29 is 18.7 Å². The summed E-state index contributed by atoms with van der Waals surface area (Å²) < 4.78 is 27.4.